The normalized spacial score (nSPS) is 16.8. The maximum Gasteiger partial charge on any atom is 0.0438 e. The molecule has 3 rings (SSSR count). The first-order valence-corrected chi connectivity index (χ1v) is 7.15. The molecule has 0 amide bonds. The number of nitrogens with one attached hydrogen (secondary N) is 1. The molecule has 98 valence electrons. The van der Waals surface area contributed by atoms with Gasteiger partial charge in [-0.2, -0.15) is 0 Å². The zero-order valence-electron chi connectivity index (χ0n) is 11.1. The second kappa shape index (κ2) is 5.36. The van der Waals surface area contributed by atoms with Gasteiger partial charge in [-0.05, 0) is 41.7 Å². The number of hydrogen-bond donors (Lipinski definition) is 1. The summed E-state index contributed by atoms with van der Waals surface area (Å²) in [6, 6.07) is 15.0. The molecular formula is C17H18ClN. The molecule has 0 aliphatic heterocycles. The molecule has 19 heavy (non-hydrogen) atoms. The lowest BCUT2D eigenvalue weighted by atomic mass is 9.77. The summed E-state index contributed by atoms with van der Waals surface area (Å²) in [5.74, 6) is 0.678. The molecule has 0 heterocycles. The monoisotopic (exact) mass is 271 g/mol. The first-order chi connectivity index (χ1) is 9.24. The number of aryl methyl sites for hydroxylation is 1. The van der Waals surface area contributed by atoms with E-state index in [4.69, 9.17) is 11.6 Å². The number of fused-ring (bicyclic) bond motifs is 1. The van der Waals surface area contributed by atoms with E-state index in [9.17, 15) is 0 Å². The zero-order chi connectivity index (χ0) is 13.2. The van der Waals surface area contributed by atoms with Crippen LogP contribution in [0.15, 0.2) is 42.5 Å². The highest BCUT2D eigenvalue weighted by Gasteiger charge is 2.24. The third-order valence-corrected chi connectivity index (χ3v) is 4.32. The Hall–Kier alpha value is -1.31. The van der Waals surface area contributed by atoms with Gasteiger partial charge in [-0.1, -0.05) is 48.0 Å². The molecule has 1 aliphatic rings. The molecule has 0 fully saturated rings. The van der Waals surface area contributed by atoms with Crippen molar-refractivity contribution in [3.8, 4) is 0 Å². The predicted octanol–water partition coefficient (Wildman–Crippen LogP) is 4.08. The lowest BCUT2D eigenvalue weighted by molar-refractivity contribution is 0.536. The molecule has 1 N–H and O–H groups in total. The van der Waals surface area contributed by atoms with Crippen molar-refractivity contribution in [2.45, 2.75) is 25.8 Å². The Kier molecular flexibility index (Phi) is 3.58. The molecule has 0 aromatic heterocycles. The Bertz CT molecular complexity index is 592. The minimum absolute atomic E-state index is 0.678. The van der Waals surface area contributed by atoms with Crippen molar-refractivity contribution in [3.05, 3.63) is 69.7 Å². The molecule has 1 unspecified atom stereocenters. The van der Waals surface area contributed by atoms with Crippen LogP contribution in [0.1, 0.15) is 28.2 Å². The quantitative estimate of drug-likeness (QED) is 0.884. The first-order valence-electron chi connectivity index (χ1n) is 6.77. The van der Waals surface area contributed by atoms with Crippen LogP contribution in [-0.4, -0.2) is 6.54 Å². The van der Waals surface area contributed by atoms with Gasteiger partial charge in [0.25, 0.3) is 0 Å². The summed E-state index contributed by atoms with van der Waals surface area (Å²) in [5, 5.41) is 4.39. The first kappa shape index (κ1) is 12.7. The van der Waals surface area contributed by atoms with Gasteiger partial charge in [-0.3, -0.25) is 0 Å². The van der Waals surface area contributed by atoms with Crippen molar-refractivity contribution in [2.24, 2.45) is 0 Å². The van der Waals surface area contributed by atoms with Gasteiger partial charge in [-0.15, -0.1) is 0 Å². The van der Waals surface area contributed by atoms with Gasteiger partial charge in [0.1, 0.15) is 0 Å². The Morgan fingerprint density at radius 3 is 2.84 bits per heavy atom. The highest BCUT2D eigenvalue weighted by molar-refractivity contribution is 6.31. The van der Waals surface area contributed by atoms with Crippen LogP contribution in [0.25, 0.3) is 0 Å². The zero-order valence-corrected chi connectivity index (χ0v) is 11.9. The minimum Gasteiger partial charge on any atom is -0.312 e. The summed E-state index contributed by atoms with van der Waals surface area (Å²) in [5.41, 5.74) is 5.41. The highest BCUT2D eigenvalue weighted by Crippen LogP contribution is 2.34. The van der Waals surface area contributed by atoms with Crippen LogP contribution in [-0.2, 0) is 13.0 Å². The molecule has 2 aromatic carbocycles. The Morgan fingerprint density at radius 2 is 2.05 bits per heavy atom. The van der Waals surface area contributed by atoms with Crippen molar-refractivity contribution in [2.75, 3.05) is 6.54 Å². The van der Waals surface area contributed by atoms with Crippen molar-refractivity contribution in [1.82, 2.24) is 5.32 Å². The van der Waals surface area contributed by atoms with Crippen LogP contribution in [0.2, 0.25) is 5.02 Å². The van der Waals surface area contributed by atoms with Crippen LogP contribution in [0.4, 0.5) is 0 Å². The van der Waals surface area contributed by atoms with Gasteiger partial charge in [0.15, 0.2) is 0 Å². The third kappa shape index (κ3) is 2.68. The molecular weight excluding hydrogens is 254 g/mol. The largest absolute Gasteiger partial charge is 0.312 e. The number of halogens is 1. The molecule has 2 heteroatoms. The average Bonchev–Trinajstić information content (AvgIpc) is 2.39. The van der Waals surface area contributed by atoms with Gasteiger partial charge in [-0.25, -0.2) is 0 Å². The smallest absolute Gasteiger partial charge is 0.0438 e. The SMILES string of the molecule is Cc1ccc(CNCC2Cc3ccccc32)cc1Cl. The van der Waals surface area contributed by atoms with E-state index in [2.05, 4.69) is 47.8 Å². The Labute approximate surface area is 119 Å². The van der Waals surface area contributed by atoms with E-state index in [1.54, 1.807) is 0 Å². The number of rotatable bonds is 4. The maximum atomic E-state index is 6.13. The fourth-order valence-electron chi connectivity index (χ4n) is 2.68. The second-order valence-electron chi connectivity index (χ2n) is 5.31. The lowest BCUT2D eigenvalue weighted by Gasteiger charge is -2.30. The molecule has 0 saturated heterocycles. The summed E-state index contributed by atoms with van der Waals surface area (Å²) in [6.07, 6.45) is 1.21. The standard InChI is InChI=1S/C17H18ClN/c1-12-6-7-13(8-17(12)18)10-19-11-15-9-14-4-2-3-5-16(14)15/h2-8,15,19H,9-11H2,1H3. The van der Waals surface area contributed by atoms with Crippen LogP contribution < -0.4 is 5.32 Å². The summed E-state index contributed by atoms with van der Waals surface area (Å²) < 4.78 is 0. The molecule has 0 saturated carbocycles. The van der Waals surface area contributed by atoms with Crippen LogP contribution in [0, 0.1) is 6.92 Å². The van der Waals surface area contributed by atoms with Crippen molar-refractivity contribution in [3.63, 3.8) is 0 Å². The maximum absolute atomic E-state index is 6.13. The molecule has 0 radical (unpaired) electrons. The Balaban J connectivity index is 1.53. The van der Waals surface area contributed by atoms with E-state index < -0.39 is 0 Å². The topological polar surface area (TPSA) is 12.0 Å². The van der Waals surface area contributed by atoms with E-state index in [0.29, 0.717) is 5.92 Å². The number of hydrogen-bond acceptors (Lipinski definition) is 1. The fourth-order valence-corrected chi connectivity index (χ4v) is 2.89. The van der Waals surface area contributed by atoms with Crippen molar-refractivity contribution in [1.29, 1.82) is 0 Å². The Morgan fingerprint density at radius 1 is 1.21 bits per heavy atom. The molecule has 1 atom stereocenters. The summed E-state index contributed by atoms with van der Waals surface area (Å²) in [4.78, 5) is 0. The summed E-state index contributed by atoms with van der Waals surface area (Å²) >= 11 is 6.13. The van der Waals surface area contributed by atoms with Crippen LogP contribution >= 0.6 is 11.6 Å². The molecule has 0 spiro atoms. The predicted molar refractivity (Wildman–Crippen MR) is 80.8 cm³/mol. The van der Waals surface area contributed by atoms with E-state index in [1.165, 1.54) is 23.1 Å². The minimum atomic E-state index is 0.678. The van der Waals surface area contributed by atoms with E-state index >= 15 is 0 Å². The van der Waals surface area contributed by atoms with Crippen LogP contribution in [0.3, 0.4) is 0 Å². The van der Waals surface area contributed by atoms with Crippen molar-refractivity contribution >= 4 is 11.6 Å². The molecule has 1 aliphatic carbocycles. The summed E-state index contributed by atoms with van der Waals surface area (Å²) in [6.45, 7) is 3.96. The van der Waals surface area contributed by atoms with Gasteiger partial charge >= 0.3 is 0 Å². The van der Waals surface area contributed by atoms with Gasteiger partial charge in [0, 0.05) is 24.0 Å². The lowest BCUT2D eigenvalue weighted by Crippen LogP contribution is -2.28. The van der Waals surface area contributed by atoms with Crippen LogP contribution in [0.5, 0.6) is 0 Å². The third-order valence-electron chi connectivity index (χ3n) is 3.92. The highest BCUT2D eigenvalue weighted by atomic mass is 35.5. The molecule has 0 bridgehead atoms. The molecule has 1 nitrogen and oxygen atoms in total. The van der Waals surface area contributed by atoms with Crippen molar-refractivity contribution < 1.29 is 0 Å². The number of benzene rings is 2. The van der Waals surface area contributed by atoms with Gasteiger partial charge in [0.05, 0.1) is 0 Å². The fraction of sp³-hybridized carbons (Fsp3) is 0.294. The molecule has 2 aromatic rings. The van der Waals surface area contributed by atoms with E-state index in [-0.39, 0.29) is 0 Å². The van der Waals surface area contributed by atoms with Gasteiger partial charge < -0.3 is 5.32 Å². The average molecular weight is 272 g/mol. The summed E-state index contributed by atoms with van der Waals surface area (Å²) in [7, 11) is 0. The van der Waals surface area contributed by atoms with E-state index in [1.807, 2.05) is 6.92 Å². The van der Waals surface area contributed by atoms with E-state index in [0.717, 1.165) is 23.7 Å². The van der Waals surface area contributed by atoms with Gasteiger partial charge in [0.2, 0.25) is 0 Å². The second-order valence-corrected chi connectivity index (χ2v) is 5.72.